The molecule has 1 aromatic carbocycles. The van der Waals surface area contributed by atoms with E-state index in [-0.39, 0.29) is 11.3 Å². The van der Waals surface area contributed by atoms with E-state index >= 15 is 0 Å². The third kappa shape index (κ3) is 3.95. The average molecular weight is 285 g/mol. The molecule has 1 amide bonds. The molecule has 0 radical (unpaired) electrons. The normalized spacial score (nSPS) is 10.3. The summed E-state index contributed by atoms with van der Waals surface area (Å²) in [6, 6.07) is 9.26. The van der Waals surface area contributed by atoms with Crippen LogP contribution in [0.1, 0.15) is 35.7 Å². The SMILES string of the molecule is CCCCc1ccc(Oc2cc(C(N)=O)c(N)cn2)cc1. The minimum Gasteiger partial charge on any atom is -0.439 e. The Morgan fingerprint density at radius 2 is 2.00 bits per heavy atom. The van der Waals surface area contributed by atoms with Gasteiger partial charge in [-0.25, -0.2) is 4.98 Å². The molecule has 2 rings (SSSR count). The van der Waals surface area contributed by atoms with Crippen molar-refractivity contribution >= 4 is 11.6 Å². The number of primary amides is 1. The molecule has 0 bridgehead atoms. The lowest BCUT2D eigenvalue weighted by molar-refractivity contribution is 0.100. The van der Waals surface area contributed by atoms with Crippen LogP contribution in [-0.2, 0) is 6.42 Å². The molecule has 0 spiro atoms. The van der Waals surface area contributed by atoms with Crippen LogP contribution in [0, 0.1) is 0 Å². The van der Waals surface area contributed by atoms with Gasteiger partial charge in [0, 0.05) is 6.07 Å². The molecule has 2 aromatic rings. The number of nitrogens with two attached hydrogens (primary N) is 2. The summed E-state index contributed by atoms with van der Waals surface area (Å²) >= 11 is 0. The Labute approximate surface area is 123 Å². The van der Waals surface area contributed by atoms with Crippen molar-refractivity contribution in [2.24, 2.45) is 5.73 Å². The highest BCUT2D eigenvalue weighted by Crippen LogP contribution is 2.23. The van der Waals surface area contributed by atoms with Crippen molar-refractivity contribution in [1.29, 1.82) is 0 Å². The number of unbranched alkanes of at least 4 members (excludes halogenated alkanes) is 1. The Hall–Kier alpha value is -2.56. The molecule has 0 unspecified atom stereocenters. The zero-order valence-corrected chi connectivity index (χ0v) is 12.0. The molecular weight excluding hydrogens is 266 g/mol. The van der Waals surface area contributed by atoms with E-state index in [2.05, 4.69) is 11.9 Å². The van der Waals surface area contributed by atoms with E-state index in [0.29, 0.717) is 11.6 Å². The molecule has 1 heterocycles. The van der Waals surface area contributed by atoms with Gasteiger partial charge in [0.2, 0.25) is 5.88 Å². The second-order valence-electron chi connectivity index (χ2n) is 4.82. The van der Waals surface area contributed by atoms with Crippen molar-refractivity contribution in [3.05, 3.63) is 47.7 Å². The first kappa shape index (κ1) is 14.8. The van der Waals surface area contributed by atoms with Crippen LogP contribution in [0.15, 0.2) is 36.5 Å². The van der Waals surface area contributed by atoms with Gasteiger partial charge in [-0.3, -0.25) is 4.79 Å². The van der Waals surface area contributed by atoms with E-state index in [1.807, 2.05) is 24.3 Å². The smallest absolute Gasteiger partial charge is 0.251 e. The molecular formula is C16H19N3O2. The standard InChI is InChI=1S/C16H19N3O2/c1-2-3-4-11-5-7-12(8-6-11)21-15-9-13(16(18)20)14(17)10-19-15/h5-10H,2-4,17H2,1H3,(H2,18,20). The number of nitrogen functional groups attached to an aromatic ring is 1. The van der Waals surface area contributed by atoms with Crippen LogP contribution in [0.25, 0.3) is 0 Å². The molecule has 4 N–H and O–H groups in total. The van der Waals surface area contributed by atoms with E-state index in [9.17, 15) is 4.79 Å². The van der Waals surface area contributed by atoms with E-state index in [1.54, 1.807) is 0 Å². The molecule has 1 aromatic heterocycles. The van der Waals surface area contributed by atoms with Crippen LogP contribution in [0.3, 0.4) is 0 Å². The average Bonchev–Trinajstić information content (AvgIpc) is 2.48. The summed E-state index contributed by atoms with van der Waals surface area (Å²) in [6.07, 6.45) is 4.76. The summed E-state index contributed by atoms with van der Waals surface area (Å²) in [6.45, 7) is 2.17. The van der Waals surface area contributed by atoms with E-state index in [4.69, 9.17) is 16.2 Å². The zero-order valence-electron chi connectivity index (χ0n) is 12.0. The molecule has 5 heteroatoms. The number of carbonyl (C=O) groups excluding carboxylic acids is 1. The topological polar surface area (TPSA) is 91.2 Å². The second-order valence-corrected chi connectivity index (χ2v) is 4.82. The number of amides is 1. The van der Waals surface area contributed by atoms with Crippen LogP contribution < -0.4 is 16.2 Å². The third-order valence-electron chi connectivity index (χ3n) is 3.14. The molecule has 5 nitrogen and oxygen atoms in total. The highest BCUT2D eigenvalue weighted by Gasteiger charge is 2.09. The minimum atomic E-state index is -0.602. The Balaban J connectivity index is 2.11. The molecule has 21 heavy (non-hydrogen) atoms. The summed E-state index contributed by atoms with van der Waals surface area (Å²) in [7, 11) is 0. The number of aryl methyl sites for hydroxylation is 1. The number of hydrogen-bond donors (Lipinski definition) is 2. The van der Waals surface area contributed by atoms with Crippen LogP contribution >= 0.6 is 0 Å². The number of pyridine rings is 1. The number of benzene rings is 1. The number of anilines is 1. The first-order chi connectivity index (χ1) is 10.1. The minimum absolute atomic E-state index is 0.208. The van der Waals surface area contributed by atoms with Crippen molar-refractivity contribution in [2.75, 3.05) is 5.73 Å². The lowest BCUT2D eigenvalue weighted by Gasteiger charge is -2.08. The van der Waals surface area contributed by atoms with Crippen LogP contribution in [0.2, 0.25) is 0 Å². The fraction of sp³-hybridized carbons (Fsp3) is 0.250. The predicted molar refractivity (Wildman–Crippen MR) is 82.3 cm³/mol. The fourth-order valence-corrected chi connectivity index (χ4v) is 1.94. The number of hydrogen-bond acceptors (Lipinski definition) is 4. The van der Waals surface area contributed by atoms with Gasteiger partial charge in [0.25, 0.3) is 5.91 Å². The second kappa shape index (κ2) is 6.74. The largest absolute Gasteiger partial charge is 0.439 e. The number of nitrogens with zero attached hydrogens (tertiary/aromatic N) is 1. The maximum atomic E-state index is 11.2. The zero-order chi connectivity index (χ0) is 15.2. The monoisotopic (exact) mass is 285 g/mol. The van der Waals surface area contributed by atoms with Crippen molar-refractivity contribution in [1.82, 2.24) is 4.98 Å². The Morgan fingerprint density at radius 1 is 1.29 bits per heavy atom. The van der Waals surface area contributed by atoms with Gasteiger partial charge < -0.3 is 16.2 Å². The molecule has 0 aliphatic heterocycles. The number of aromatic nitrogens is 1. The van der Waals surface area contributed by atoms with E-state index in [0.717, 1.165) is 6.42 Å². The van der Waals surface area contributed by atoms with Crippen molar-refractivity contribution in [3.8, 4) is 11.6 Å². The Kier molecular flexibility index (Phi) is 4.77. The van der Waals surface area contributed by atoms with Crippen LogP contribution in [0.4, 0.5) is 5.69 Å². The quantitative estimate of drug-likeness (QED) is 0.853. The highest BCUT2D eigenvalue weighted by molar-refractivity contribution is 5.98. The van der Waals surface area contributed by atoms with Crippen molar-refractivity contribution in [2.45, 2.75) is 26.2 Å². The first-order valence-corrected chi connectivity index (χ1v) is 6.92. The lowest BCUT2D eigenvalue weighted by Crippen LogP contribution is -2.13. The van der Waals surface area contributed by atoms with Gasteiger partial charge in [-0.2, -0.15) is 0 Å². The molecule has 0 aliphatic rings. The van der Waals surface area contributed by atoms with Gasteiger partial charge in [-0.1, -0.05) is 25.5 Å². The molecule has 110 valence electrons. The molecule has 0 fully saturated rings. The van der Waals surface area contributed by atoms with Gasteiger partial charge in [-0.05, 0) is 30.5 Å². The van der Waals surface area contributed by atoms with Crippen LogP contribution in [-0.4, -0.2) is 10.9 Å². The number of carbonyl (C=O) groups is 1. The van der Waals surface area contributed by atoms with Gasteiger partial charge in [0.1, 0.15) is 5.75 Å². The first-order valence-electron chi connectivity index (χ1n) is 6.92. The maximum absolute atomic E-state index is 11.2. The van der Waals surface area contributed by atoms with E-state index < -0.39 is 5.91 Å². The molecule has 0 atom stereocenters. The van der Waals surface area contributed by atoms with Crippen molar-refractivity contribution in [3.63, 3.8) is 0 Å². The summed E-state index contributed by atoms with van der Waals surface area (Å²) in [5, 5.41) is 0. The van der Waals surface area contributed by atoms with Gasteiger partial charge in [0.15, 0.2) is 0 Å². The highest BCUT2D eigenvalue weighted by atomic mass is 16.5. The summed E-state index contributed by atoms with van der Waals surface area (Å²) in [5.41, 5.74) is 12.6. The molecule has 0 saturated heterocycles. The molecule has 0 aliphatic carbocycles. The van der Waals surface area contributed by atoms with Gasteiger partial charge in [-0.15, -0.1) is 0 Å². The Morgan fingerprint density at radius 3 is 2.62 bits per heavy atom. The maximum Gasteiger partial charge on any atom is 0.251 e. The summed E-state index contributed by atoms with van der Waals surface area (Å²) in [4.78, 5) is 15.3. The number of rotatable bonds is 6. The Bertz CT molecular complexity index is 624. The number of ether oxygens (including phenoxy) is 1. The van der Waals surface area contributed by atoms with Gasteiger partial charge >= 0.3 is 0 Å². The predicted octanol–water partition coefficient (Wildman–Crippen LogP) is 2.90. The van der Waals surface area contributed by atoms with E-state index in [1.165, 1.54) is 30.7 Å². The van der Waals surface area contributed by atoms with Crippen LogP contribution in [0.5, 0.6) is 11.6 Å². The fourth-order valence-electron chi connectivity index (χ4n) is 1.94. The summed E-state index contributed by atoms with van der Waals surface area (Å²) < 4.78 is 5.61. The molecule has 0 saturated carbocycles. The lowest BCUT2D eigenvalue weighted by atomic mass is 10.1. The third-order valence-corrected chi connectivity index (χ3v) is 3.14. The van der Waals surface area contributed by atoms with Crippen molar-refractivity contribution < 1.29 is 9.53 Å². The van der Waals surface area contributed by atoms with Gasteiger partial charge in [0.05, 0.1) is 17.4 Å². The summed E-state index contributed by atoms with van der Waals surface area (Å²) in [5.74, 6) is 0.344.